The molecule has 1 aliphatic rings. The summed E-state index contributed by atoms with van der Waals surface area (Å²) in [5.74, 6) is 1.75. The van der Waals surface area contributed by atoms with E-state index in [0.717, 1.165) is 25.9 Å². The molecule has 2 atom stereocenters. The summed E-state index contributed by atoms with van der Waals surface area (Å²) in [5, 5.41) is 6.45. The minimum Gasteiger partial charge on any atom is -0.493 e. The number of nitrogens with one attached hydrogen (secondary N) is 2. The Morgan fingerprint density at radius 3 is 2.29 bits per heavy atom. The van der Waals surface area contributed by atoms with E-state index in [1.165, 1.54) is 21.3 Å². The van der Waals surface area contributed by atoms with Crippen LogP contribution in [0.15, 0.2) is 12.1 Å². The van der Waals surface area contributed by atoms with Crippen molar-refractivity contribution in [2.24, 2.45) is 5.92 Å². The quantitative estimate of drug-likeness (QED) is 0.816. The molecule has 1 aromatic carbocycles. The third-order valence-corrected chi connectivity index (χ3v) is 4.33. The number of carbonyl (C=O) groups excluding carboxylic acids is 1. The molecule has 1 aromatic rings. The van der Waals surface area contributed by atoms with E-state index >= 15 is 0 Å². The first-order chi connectivity index (χ1) is 11.1. The summed E-state index contributed by atoms with van der Waals surface area (Å²) >= 11 is 0. The van der Waals surface area contributed by atoms with Crippen molar-refractivity contribution < 1.29 is 19.0 Å². The van der Waals surface area contributed by atoms with E-state index in [1.54, 1.807) is 12.1 Å². The molecule has 2 rings (SSSR count). The number of methoxy groups -OCH3 is 3. The molecule has 0 spiro atoms. The topological polar surface area (TPSA) is 68.8 Å². The van der Waals surface area contributed by atoms with E-state index in [4.69, 9.17) is 14.2 Å². The highest BCUT2D eigenvalue weighted by Gasteiger charge is 2.23. The summed E-state index contributed by atoms with van der Waals surface area (Å²) in [7, 11) is 4.61. The lowest BCUT2D eigenvalue weighted by Gasteiger charge is -2.29. The molecule has 0 bridgehead atoms. The van der Waals surface area contributed by atoms with Crippen LogP contribution < -0.4 is 24.8 Å². The Kier molecular flexibility index (Phi) is 8.15. The van der Waals surface area contributed by atoms with Crippen molar-refractivity contribution >= 4 is 18.3 Å². The van der Waals surface area contributed by atoms with Crippen molar-refractivity contribution in [1.82, 2.24) is 10.6 Å². The van der Waals surface area contributed by atoms with Crippen LogP contribution in [0.25, 0.3) is 0 Å². The van der Waals surface area contributed by atoms with Gasteiger partial charge in [-0.25, -0.2) is 0 Å². The average Bonchev–Trinajstić information content (AvgIpc) is 2.60. The van der Waals surface area contributed by atoms with Crippen LogP contribution in [0.1, 0.15) is 30.1 Å². The van der Waals surface area contributed by atoms with Crippen LogP contribution >= 0.6 is 12.4 Å². The second-order valence-electron chi connectivity index (χ2n) is 5.78. The van der Waals surface area contributed by atoms with Crippen LogP contribution in [0.4, 0.5) is 0 Å². The number of rotatable bonds is 6. The number of amides is 1. The first-order valence-corrected chi connectivity index (χ1v) is 7.92. The van der Waals surface area contributed by atoms with Crippen molar-refractivity contribution in [3.8, 4) is 17.2 Å². The van der Waals surface area contributed by atoms with Crippen LogP contribution in [0, 0.1) is 5.92 Å². The van der Waals surface area contributed by atoms with Gasteiger partial charge in [-0.05, 0) is 50.9 Å². The normalized spacial score (nSPS) is 18.1. The number of benzene rings is 1. The molecule has 2 N–H and O–H groups in total. The van der Waals surface area contributed by atoms with Crippen molar-refractivity contribution in [1.29, 1.82) is 0 Å². The maximum Gasteiger partial charge on any atom is 0.251 e. The van der Waals surface area contributed by atoms with Crippen molar-refractivity contribution in [2.45, 2.75) is 25.8 Å². The van der Waals surface area contributed by atoms with E-state index < -0.39 is 0 Å². The van der Waals surface area contributed by atoms with Gasteiger partial charge in [-0.15, -0.1) is 12.4 Å². The summed E-state index contributed by atoms with van der Waals surface area (Å²) in [6.45, 7) is 4.05. The van der Waals surface area contributed by atoms with Gasteiger partial charge in [0.15, 0.2) is 11.5 Å². The van der Waals surface area contributed by atoms with Gasteiger partial charge in [0.2, 0.25) is 5.75 Å². The monoisotopic (exact) mass is 358 g/mol. The largest absolute Gasteiger partial charge is 0.493 e. The van der Waals surface area contributed by atoms with Gasteiger partial charge in [0.25, 0.3) is 5.91 Å². The van der Waals surface area contributed by atoms with Crippen LogP contribution in [0.5, 0.6) is 17.2 Å². The third kappa shape index (κ3) is 4.68. The molecule has 0 aromatic heterocycles. The van der Waals surface area contributed by atoms with E-state index in [-0.39, 0.29) is 24.4 Å². The lowest BCUT2D eigenvalue weighted by molar-refractivity contribution is 0.0921. The minimum absolute atomic E-state index is 0. The Bertz CT molecular complexity index is 522. The van der Waals surface area contributed by atoms with Gasteiger partial charge in [0.1, 0.15) is 0 Å². The first kappa shape index (κ1) is 20.4. The number of hydrogen-bond donors (Lipinski definition) is 2. The molecule has 0 saturated carbocycles. The Morgan fingerprint density at radius 2 is 1.83 bits per heavy atom. The molecule has 1 heterocycles. The van der Waals surface area contributed by atoms with Crippen LogP contribution in [-0.4, -0.2) is 46.4 Å². The number of halogens is 1. The molecule has 2 unspecified atom stereocenters. The molecule has 24 heavy (non-hydrogen) atoms. The Hall–Kier alpha value is -1.66. The first-order valence-electron chi connectivity index (χ1n) is 7.92. The van der Waals surface area contributed by atoms with Gasteiger partial charge < -0.3 is 24.8 Å². The molecular weight excluding hydrogens is 332 g/mol. The van der Waals surface area contributed by atoms with Gasteiger partial charge in [-0.1, -0.05) is 0 Å². The van der Waals surface area contributed by atoms with Gasteiger partial charge in [0, 0.05) is 11.6 Å². The van der Waals surface area contributed by atoms with E-state index in [0.29, 0.717) is 28.7 Å². The van der Waals surface area contributed by atoms with Crippen molar-refractivity contribution in [2.75, 3.05) is 34.4 Å². The maximum atomic E-state index is 12.6. The van der Waals surface area contributed by atoms with E-state index in [1.807, 2.05) is 6.92 Å². The Balaban J connectivity index is 0.00000288. The summed E-state index contributed by atoms with van der Waals surface area (Å²) in [6.07, 6.45) is 2.28. The fourth-order valence-electron chi connectivity index (χ4n) is 2.93. The van der Waals surface area contributed by atoms with Crippen LogP contribution in [0.2, 0.25) is 0 Å². The molecule has 136 valence electrons. The predicted octanol–water partition coefficient (Wildman–Crippen LogP) is 2.25. The highest BCUT2D eigenvalue weighted by atomic mass is 35.5. The predicted molar refractivity (Wildman–Crippen MR) is 95.9 cm³/mol. The molecule has 6 nitrogen and oxygen atoms in total. The summed E-state index contributed by atoms with van der Waals surface area (Å²) < 4.78 is 15.9. The molecule has 1 aliphatic heterocycles. The average molecular weight is 359 g/mol. The summed E-state index contributed by atoms with van der Waals surface area (Å²) in [4.78, 5) is 12.6. The minimum atomic E-state index is -0.137. The third-order valence-electron chi connectivity index (χ3n) is 4.33. The number of piperidine rings is 1. The summed E-state index contributed by atoms with van der Waals surface area (Å²) in [5.41, 5.74) is 0.495. The number of hydrogen-bond acceptors (Lipinski definition) is 5. The smallest absolute Gasteiger partial charge is 0.251 e. The van der Waals surface area contributed by atoms with Crippen LogP contribution in [0.3, 0.4) is 0 Å². The van der Waals surface area contributed by atoms with Gasteiger partial charge in [-0.3, -0.25) is 4.79 Å². The SMILES string of the molecule is COc1cc(C(=O)NC(C)C2CCCNC2)cc(OC)c1OC.Cl. The molecular formula is C17H27ClN2O4. The fourth-order valence-corrected chi connectivity index (χ4v) is 2.93. The highest BCUT2D eigenvalue weighted by Crippen LogP contribution is 2.38. The second kappa shape index (κ2) is 9.59. The fraction of sp³-hybridized carbons (Fsp3) is 0.588. The number of ether oxygens (including phenoxy) is 3. The molecule has 1 saturated heterocycles. The van der Waals surface area contributed by atoms with Gasteiger partial charge in [0.05, 0.1) is 21.3 Å². The van der Waals surface area contributed by atoms with Crippen molar-refractivity contribution in [3.05, 3.63) is 17.7 Å². The highest BCUT2D eigenvalue weighted by molar-refractivity contribution is 5.95. The van der Waals surface area contributed by atoms with Gasteiger partial charge >= 0.3 is 0 Å². The van der Waals surface area contributed by atoms with E-state index in [2.05, 4.69) is 10.6 Å². The lowest BCUT2D eigenvalue weighted by Crippen LogP contribution is -2.44. The standard InChI is InChI=1S/C17H26N2O4.ClH/c1-11(12-6-5-7-18-10-12)19-17(20)13-8-14(21-2)16(23-4)15(9-13)22-3;/h8-9,11-12,18H,5-7,10H2,1-4H3,(H,19,20);1H. The molecule has 1 amide bonds. The molecule has 7 heteroatoms. The lowest BCUT2D eigenvalue weighted by atomic mass is 9.92. The maximum absolute atomic E-state index is 12.6. The van der Waals surface area contributed by atoms with E-state index in [9.17, 15) is 4.79 Å². The molecule has 1 fully saturated rings. The summed E-state index contributed by atoms with van der Waals surface area (Å²) in [6, 6.07) is 3.44. The second-order valence-corrected chi connectivity index (χ2v) is 5.78. The Labute approximate surface area is 149 Å². The molecule has 0 radical (unpaired) electrons. The zero-order chi connectivity index (χ0) is 16.8. The Morgan fingerprint density at radius 1 is 1.21 bits per heavy atom. The van der Waals surface area contributed by atoms with Gasteiger partial charge in [-0.2, -0.15) is 0 Å². The zero-order valence-electron chi connectivity index (χ0n) is 14.7. The zero-order valence-corrected chi connectivity index (χ0v) is 15.5. The molecule has 0 aliphatic carbocycles. The number of carbonyl (C=O) groups is 1. The van der Waals surface area contributed by atoms with Crippen LogP contribution in [-0.2, 0) is 0 Å². The van der Waals surface area contributed by atoms with Crippen molar-refractivity contribution in [3.63, 3.8) is 0 Å².